The zero-order valence-corrected chi connectivity index (χ0v) is 4.52. The molecule has 0 bridgehead atoms. The van der Waals surface area contributed by atoms with E-state index in [0.29, 0.717) is 12.8 Å². The van der Waals surface area contributed by atoms with Gasteiger partial charge < -0.3 is 10.5 Å². The fraction of sp³-hybridized carbons (Fsp3) is 0.800. The van der Waals surface area contributed by atoms with Crippen LogP contribution < -0.4 is 0 Å². The van der Waals surface area contributed by atoms with E-state index in [2.05, 4.69) is 0 Å². The molecule has 0 saturated heterocycles. The second-order valence-corrected chi connectivity index (χ2v) is 1.63. The van der Waals surface area contributed by atoms with Gasteiger partial charge >= 0.3 is 0 Å². The van der Waals surface area contributed by atoms with Crippen LogP contribution in [0.3, 0.4) is 0 Å². The van der Waals surface area contributed by atoms with Crippen LogP contribution in [0.2, 0.25) is 0 Å². The van der Waals surface area contributed by atoms with Gasteiger partial charge in [-0.3, -0.25) is 0 Å². The lowest BCUT2D eigenvalue weighted by atomic mass is 10.2. The fourth-order valence-corrected chi connectivity index (χ4v) is 0.325. The molecule has 0 aromatic carbocycles. The van der Waals surface area contributed by atoms with Crippen LogP contribution in [0, 0.1) is 5.41 Å². The van der Waals surface area contributed by atoms with Crippen molar-refractivity contribution < 1.29 is 5.11 Å². The van der Waals surface area contributed by atoms with Crippen LogP contribution >= 0.6 is 0 Å². The maximum atomic E-state index is 8.58. The van der Waals surface area contributed by atoms with Gasteiger partial charge in [0.1, 0.15) is 0 Å². The first kappa shape index (κ1) is 6.63. The van der Waals surface area contributed by atoms with Gasteiger partial charge in [-0.15, -0.1) is 0 Å². The summed E-state index contributed by atoms with van der Waals surface area (Å²) in [6.07, 6.45) is 2.47. The molecule has 0 rings (SSSR count). The maximum Gasteiger partial charge on any atom is 0.0515 e. The van der Waals surface area contributed by atoms with Crippen LogP contribution in [-0.2, 0) is 0 Å². The molecule has 0 heterocycles. The minimum atomic E-state index is -0.249. The predicted octanol–water partition coefficient (Wildman–Crippen LogP) is 0.797. The fourth-order valence-electron chi connectivity index (χ4n) is 0.325. The van der Waals surface area contributed by atoms with Crippen LogP contribution in [0.1, 0.15) is 19.8 Å². The molecule has 0 amide bonds. The van der Waals surface area contributed by atoms with E-state index in [9.17, 15) is 0 Å². The van der Waals surface area contributed by atoms with Gasteiger partial charge in [0.2, 0.25) is 0 Å². The van der Waals surface area contributed by atoms with Crippen molar-refractivity contribution in [2.24, 2.45) is 0 Å². The Hall–Kier alpha value is -0.370. The number of aliphatic hydroxyl groups excluding tert-OH is 1. The normalized spacial score (nSPS) is 13.4. The molecular weight excluding hydrogens is 90.1 g/mol. The first-order chi connectivity index (χ1) is 3.27. The summed E-state index contributed by atoms with van der Waals surface area (Å²) in [6.45, 7) is 1.73. The standard InChI is InChI=1S/C5H11NO/c1-5(7)3-2-4-6/h4-7H,2-3H2,1H3. The van der Waals surface area contributed by atoms with Gasteiger partial charge in [0.15, 0.2) is 0 Å². The van der Waals surface area contributed by atoms with Crippen molar-refractivity contribution in [3.05, 3.63) is 0 Å². The van der Waals surface area contributed by atoms with Gasteiger partial charge in [0.25, 0.3) is 0 Å². The van der Waals surface area contributed by atoms with Crippen LogP contribution in [0.15, 0.2) is 0 Å². The molecule has 7 heavy (non-hydrogen) atoms. The molecule has 0 fully saturated rings. The van der Waals surface area contributed by atoms with Crippen LogP contribution in [-0.4, -0.2) is 17.4 Å². The second-order valence-electron chi connectivity index (χ2n) is 1.63. The van der Waals surface area contributed by atoms with E-state index in [4.69, 9.17) is 10.5 Å². The summed E-state index contributed by atoms with van der Waals surface area (Å²) in [4.78, 5) is 0. The van der Waals surface area contributed by atoms with E-state index in [1.54, 1.807) is 6.92 Å². The lowest BCUT2D eigenvalue weighted by Gasteiger charge is -1.95. The average molecular weight is 101 g/mol. The molecule has 42 valence electrons. The highest BCUT2D eigenvalue weighted by Gasteiger charge is 1.89. The van der Waals surface area contributed by atoms with Gasteiger partial charge in [-0.2, -0.15) is 0 Å². The third-order valence-electron chi connectivity index (χ3n) is 0.729. The Kier molecular flexibility index (Phi) is 3.61. The van der Waals surface area contributed by atoms with Crippen molar-refractivity contribution in [3.8, 4) is 0 Å². The van der Waals surface area contributed by atoms with E-state index < -0.39 is 0 Å². The van der Waals surface area contributed by atoms with Gasteiger partial charge in [-0.05, 0) is 26.0 Å². The highest BCUT2D eigenvalue weighted by atomic mass is 16.3. The van der Waals surface area contributed by atoms with Crippen LogP contribution in [0.25, 0.3) is 0 Å². The molecule has 0 aromatic rings. The molecule has 2 heteroatoms. The molecule has 0 aliphatic carbocycles. The summed E-state index contributed by atoms with van der Waals surface area (Å²) in [5.74, 6) is 0. The molecule has 1 atom stereocenters. The van der Waals surface area contributed by atoms with Gasteiger partial charge in [0, 0.05) is 0 Å². The number of nitrogens with one attached hydrogen (secondary N) is 1. The molecular formula is C5H11NO. The van der Waals surface area contributed by atoms with E-state index >= 15 is 0 Å². The Morgan fingerprint density at radius 1 is 1.86 bits per heavy atom. The van der Waals surface area contributed by atoms with Crippen molar-refractivity contribution in [1.82, 2.24) is 0 Å². The van der Waals surface area contributed by atoms with Crippen molar-refractivity contribution in [1.29, 1.82) is 5.41 Å². The molecule has 0 aliphatic rings. The van der Waals surface area contributed by atoms with Crippen molar-refractivity contribution in [2.45, 2.75) is 25.9 Å². The van der Waals surface area contributed by atoms with E-state index in [0.717, 1.165) is 0 Å². The molecule has 0 saturated carbocycles. The molecule has 0 spiro atoms. The Labute approximate surface area is 43.7 Å². The SMILES string of the molecule is CC(O)CCC=N. The highest BCUT2D eigenvalue weighted by Crippen LogP contribution is 1.90. The highest BCUT2D eigenvalue weighted by molar-refractivity contribution is 5.52. The summed E-state index contributed by atoms with van der Waals surface area (Å²) in [6, 6.07) is 0. The van der Waals surface area contributed by atoms with E-state index in [1.165, 1.54) is 6.21 Å². The third kappa shape index (κ3) is 5.63. The first-order valence-corrected chi connectivity index (χ1v) is 2.44. The Morgan fingerprint density at radius 2 is 2.43 bits per heavy atom. The summed E-state index contributed by atoms with van der Waals surface area (Å²) in [7, 11) is 0. The van der Waals surface area contributed by atoms with E-state index in [1.807, 2.05) is 0 Å². The quantitative estimate of drug-likeness (QED) is 0.507. The Morgan fingerprint density at radius 3 is 2.57 bits per heavy atom. The summed E-state index contributed by atoms with van der Waals surface area (Å²) >= 11 is 0. The molecule has 0 radical (unpaired) electrons. The minimum absolute atomic E-state index is 0.249. The maximum absolute atomic E-state index is 8.58. The van der Waals surface area contributed by atoms with Crippen molar-refractivity contribution >= 4 is 6.21 Å². The molecule has 2 N–H and O–H groups in total. The largest absolute Gasteiger partial charge is 0.393 e. The number of hydrogen-bond donors (Lipinski definition) is 2. The summed E-state index contributed by atoms with van der Waals surface area (Å²) in [5.41, 5.74) is 0. The summed E-state index contributed by atoms with van der Waals surface area (Å²) < 4.78 is 0. The number of rotatable bonds is 3. The van der Waals surface area contributed by atoms with Gasteiger partial charge in [-0.25, -0.2) is 0 Å². The number of hydrogen-bond acceptors (Lipinski definition) is 2. The molecule has 0 aliphatic heterocycles. The Bertz CT molecular complexity index is 52.0. The lowest BCUT2D eigenvalue weighted by molar-refractivity contribution is 0.187. The van der Waals surface area contributed by atoms with Crippen molar-refractivity contribution in [2.75, 3.05) is 0 Å². The minimum Gasteiger partial charge on any atom is -0.393 e. The smallest absolute Gasteiger partial charge is 0.0515 e. The molecule has 1 unspecified atom stereocenters. The first-order valence-electron chi connectivity index (χ1n) is 2.44. The zero-order valence-electron chi connectivity index (χ0n) is 4.52. The topological polar surface area (TPSA) is 44.1 Å². The van der Waals surface area contributed by atoms with Gasteiger partial charge in [-0.1, -0.05) is 0 Å². The zero-order chi connectivity index (χ0) is 5.70. The van der Waals surface area contributed by atoms with E-state index in [-0.39, 0.29) is 6.10 Å². The predicted molar refractivity (Wildman–Crippen MR) is 29.7 cm³/mol. The lowest BCUT2D eigenvalue weighted by Crippen LogP contribution is -1.97. The molecule has 0 aromatic heterocycles. The van der Waals surface area contributed by atoms with Crippen LogP contribution in [0.4, 0.5) is 0 Å². The number of aliphatic hydroxyl groups is 1. The Balaban J connectivity index is 2.81. The molecule has 2 nitrogen and oxygen atoms in total. The summed E-state index contributed by atoms with van der Waals surface area (Å²) in [5, 5.41) is 15.1. The van der Waals surface area contributed by atoms with Crippen molar-refractivity contribution in [3.63, 3.8) is 0 Å². The third-order valence-corrected chi connectivity index (χ3v) is 0.729. The monoisotopic (exact) mass is 101 g/mol. The second kappa shape index (κ2) is 3.81. The van der Waals surface area contributed by atoms with Gasteiger partial charge in [0.05, 0.1) is 6.10 Å². The average Bonchev–Trinajstić information content (AvgIpc) is 1.61. The van der Waals surface area contributed by atoms with Crippen LogP contribution in [0.5, 0.6) is 0 Å².